The van der Waals surface area contributed by atoms with E-state index in [1.807, 2.05) is 6.07 Å². The number of methoxy groups -OCH3 is 1. The SMILES string of the molecule is CCN(CC)S(=O)(=O)c1ccc([C@H](C#N)C(=O)COC)nc1. The summed E-state index contributed by atoms with van der Waals surface area (Å²) in [6.07, 6.45) is 1.17. The van der Waals surface area contributed by atoms with Crippen molar-refractivity contribution in [2.75, 3.05) is 26.8 Å². The van der Waals surface area contributed by atoms with Gasteiger partial charge in [-0.05, 0) is 12.1 Å². The Hall–Kier alpha value is -1.82. The smallest absolute Gasteiger partial charge is 0.244 e. The van der Waals surface area contributed by atoms with E-state index in [1.54, 1.807) is 13.8 Å². The number of carbonyl (C=O) groups excluding carboxylic acids is 1. The van der Waals surface area contributed by atoms with Gasteiger partial charge in [-0.15, -0.1) is 0 Å². The van der Waals surface area contributed by atoms with Crippen LogP contribution in [0.3, 0.4) is 0 Å². The molecule has 0 aliphatic heterocycles. The van der Waals surface area contributed by atoms with Crippen LogP contribution in [-0.2, 0) is 19.6 Å². The van der Waals surface area contributed by atoms with Gasteiger partial charge in [0.05, 0.1) is 11.8 Å². The normalized spacial score (nSPS) is 12.9. The molecule has 1 aromatic rings. The second-order valence-electron chi connectivity index (χ2n) is 4.47. The third-order valence-electron chi connectivity index (χ3n) is 3.14. The second kappa shape index (κ2) is 7.98. The maximum absolute atomic E-state index is 12.3. The number of hydrogen-bond acceptors (Lipinski definition) is 6. The molecule has 0 aromatic carbocycles. The van der Waals surface area contributed by atoms with Crippen LogP contribution in [0.5, 0.6) is 0 Å². The Morgan fingerprint density at radius 3 is 2.45 bits per heavy atom. The first-order valence-electron chi connectivity index (χ1n) is 6.79. The molecule has 1 rings (SSSR count). The number of rotatable bonds is 8. The Labute approximate surface area is 130 Å². The van der Waals surface area contributed by atoms with Crippen molar-refractivity contribution >= 4 is 15.8 Å². The lowest BCUT2D eigenvalue weighted by Crippen LogP contribution is -2.30. The lowest BCUT2D eigenvalue weighted by Gasteiger charge is -2.18. The molecule has 1 aromatic heterocycles. The van der Waals surface area contributed by atoms with E-state index in [4.69, 9.17) is 10.00 Å². The fraction of sp³-hybridized carbons (Fsp3) is 0.500. The van der Waals surface area contributed by atoms with Crippen molar-refractivity contribution in [2.24, 2.45) is 0 Å². The van der Waals surface area contributed by atoms with Crippen molar-refractivity contribution in [2.45, 2.75) is 24.7 Å². The highest BCUT2D eigenvalue weighted by Gasteiger charge is 2.25. The van der Waals surface area contributed by atoms with Crippen LogP contribution in [-0.4, -0.2) is 50.3 Å². The highest BCUT2D eigenvalue weighted by atomic mass is 32.2. The second-order valence-corrected chi connectivity index (χ2v) is 6.41. The molecular weight excluding hydrogens is 306 g/mol. The molecule has 0 radical (unpaired) electrons. The van der Waals surface area contributed by atoms with Crippen molar-refractivity contribution in [1.29, 1.82) is 5.26 Å². The number of aromatic nitrogens is 1. The number of hydrogen-bond donors (Lipinski definition) is 0. The summed E-state index contributed by atoms with van der Waals surface area (Å²) in [5.74, 6) is -1.48. The number of Topliss-reactive ketones (excluding diaryl/α,β-unsaturated/α-hetero) is 1. The number of sulfonamides is 1. The summed E-state index contributed by atoms with van der Waals surface area (Å²) in [5.41, 5.74) is 0.211. The Kier molecular flexibility index (Phi) is 6.61. The van der Waals surface area contributed by atoms with Crippen LogP contribution >= 0.6 is 0 Å². The number of nitriles is 1. The molecular formula is C14H19N3O4S. The summed E-state index contributed by atoms with van der Waals surface area (Å²) in [6, 6.07) is 4.60. The molecule has 0 aliphatic rings. The largest absolute Gasteiger partial charge is 0.377 e. The van der Waals surface area contributed by atoms with Gasteiger partial charge < -0.3 is 4.74 Å². The van der Waals surface area contributed by atoms with E-state index in [9.17, 15) is 13.2 Å². The zero-order chi connectivity index (χ0) is 16.8. The lowest BCUT2D eigenvalue weighted by molar-refractivity contribution is -0.123. The van der Waals surface area contributed by atoms with Gasteiger partial charge in [0.25, 0.3) is 0 Å². The summed E-state index contributed by atoms with van der Waals surface area (Å²) in [6.45, 7) is 4.01. The van der Waals surface area contributed by atoms with E-state index < -0.39 is 21.7 Å². The van der Waals surface area contributed by atoms with Crippen LogP contribution in [0.2, 0.25) is 0 Å². The van der Waals surface area contributed by atoms with Gasteiger partial charge in [-0.2, -0.15) is 9.57 Å². The van der Waals surface area contributed by atoms with Crippen molar-refractivity contribution in [3.05, 3.63) is 24.0 Å². The van der Waals surface area contributed by atoms with E-state index in [1.165, 1.54) is 29.7 Å². The first-order chi connectivity index (χ1) is 10.4. The number of nitrogens with zero attached hydrogens (tertiary/aromatic N) is 3. The van der Waals surface area contributed by atoms with Crippen LogP contribution in [0.1, 0.15) is 25.5 Å². The Morgan fingerprint density at radius 1 is 1.41 bits per heavy atom. The van der Waals surface area contributed by atoms with Crippen molar-refractivity contribution in [1.82, 2.24) is 9.29 Å². The summed E-state index contributed by atoms with van der Waals surface area (Å²) < 4.78 is 30.7. The molecule has 0 amide bonds. The lowest BCUT2D eigenvalue weighted by atomic mass is 10.0. The predicted octanol–water partition coefficient (Wildman–Crippen LogP) is 0.935. The molecule has 8 heteroatoms. The number of pyridine rings is 1. The molecule has 0 aliphatic carbocycles. The summed E-state index contributed by atoms with van der Waals surface area (Å²) >= 11 is 0. The number of carbonyl (C=O) groups is 1. The zero-order valence-electron chi connectivity index (χ0n) is 12.8. The van der Waals surface area contributed by atoms with E-state index in [0.29, 0.717) is 13.1 Å². The molecule has 0 saturated carbocycles. The quantitative estimate of drug-likeness (QED) is 0.705. The minimum atomic E-state index is -3.60. The molecule has 0 saturated heterocycles. The van der Waals surface area contributed by atoms with Crippen LogP contribution in [0.4, 0.5) is 0 Å². The summed E-state index contributed by atoms with van der Waals surface area (Å²) in [5, 5.41) is 9.08. The fourth-order valence-corrected chi connectivity index (χ4v) is 3.36. The maximum atomic E-state index is 12.3. The molecule has 0 fully saturated rings. The van der Waals surface area contributed by atoms with Gasteiger partial charge >= 0.3 is 0 Å². The van der Waals surface area contributed by atoms with Crippen LogP contribution in [0, 0.1) is 11.3 Å². The van der Waals surface area contributed by atoms with E-state index in [0.717, 1.165) is 0 Å². The third-order valence-corrected chi connectivity index (χ3v) is 5.17. The maximum Gasteiger partial charge on any atom is 0.244 e. The van der Waals surface area contributed by atoms with E-state index in [-0.39, 0.29) is 17.2 Å². The minimum Gasteiger partial charge on any atom is -0.377 e. The molecule has 0 bridgehead atoms. The summed E-state index contributed by atoms with van der Waals surface area (Å²) in [7, 11) is -2.24. The highest BCUT2D eigenvalue weighted by Crippen LogP contribution is 2.18. The molecule has 0 unspecified atom stereocenters. The minimum absolute atomic E-state index is 0.0378. The van der Waals surface area contributed by atoms with Crippen molar-refractivity contribution in [3.8, 4) is 6.07 Å². The summed E-state index contributed by atoms with van der Waals surface area (Å²) in [4.78, 5) is 15.7. The van der Waals surface area contributed by atoms with Gasteiger partial charge in [-0.25, -0.2) is 8.42 Å². The van der Waals surface area contributed by atoms with Crippen LogP contribution in [0.25, 0.3) is 0 Å². The number of ketones is 1. The van der Waals surface area contributed by atoms with E-state index in [2.05, 4.69) is 4.98 Å². The Morgan fingerprint density at radius 2 is 2.05 bits per heavy atom. The van der Waals surface area contributed by atoms with Crippen LogP contribution < -0.4 is 0 Å². The molecule has 1 atom stereocenters. The van der Waals surface area contributed by atoms with Crippen molar-refractivity contribution < 1.29 is 17.9 Å². The first kappa shape index (κ1) is 18.2. The zero-order valence-corrected chi connectivity index (χ0v) is 13.6. The molecule has 120 valence electrons. The molecule has 22 heavy (non-hydrogen) atoms. The average Bonchev–Trinajstić information content (AvgIpc) is 2.50. The van der Waals surface area contributed by atoms with Gasteiger partial charge in [-0.3, -0.25) is 9.78 Å². The average molecular weight is 325 g/mol. The fourth-order valence-electron chi connectivity index (χ4n) is 1.96. The standard InChI is InChI=1S/C14H19N3O4S/c1-4-17(5-2)22(19,20)11-6-7-13(16-9-11)12(8-15)14(18)10-21-3/h6-7,9,12H,4-5,10H2,1-3H3/t12-/m0/s1. The predicted molar refractivity (Wildman–Crippen MR) is 79.6 cm³/mol. The van der Waals surface area contributed by atoms with Gasteiger partial charge in [0, 0.05) is 26.4 Å². The highest BCUT2D eigenvalue weighted by molar-refractivity contribution is 7.89. The Balaban J connectivity index is 3.10. The Bertz CT molecular complexity index is 646. The van der Waals surface area contributed by atoms with Gasteiger partial charge in [-0.1, -0.05) is 13.8 Å². The number of ether oxygens (including phenoxy) is 1. The first-order valence-corrected chi connectivity index (χ1v) is 8.23. The molecule has 0 spiro atoms. The topological polar surface area (TPSA) is 100 Å². The van der Waals surface area contributed by atoms with Crippen LogP contribution in [0.15, 0.2) is 23.2 Å². The van der Waals surface area contributed by atoms with Gasteiger partial charge in [0.15, 0.2) is 5.78 Å². The molecule has 0 N–H and O–H groups in total. The van der Waals surface area contributed by atoms with Gasteiger partial charge in [0.1, 0.15) is 17.4 Å². The monoisotopic (exact) mass is 325 g/mol. The third kappa shape index (κ3) is 3.88. The van der Waals surface area contributed by atoms with Gasteiger partial charge in [0.2, 0.25) is 10.0 Å². The molecule has 1 heterocycles. The van der Waals surface area contributed by atoms with E-state index >= 15 is 0 Å². The van der Waals surface area contributed by atoms with Crippen molar-refractivity contribution in [3.63, 3.8) is 0 Å². The molecule has 7 nitrogen and oxygen atoms in total.